The summed E-state index contributed by atoms with van der Waals surface area (Å²) >= 11 is 5.89. The number of ether oxygens (including phenoxy) is 1. The Morgan fingerprint density at radius 1 is 1.07 bits per heavy atom. The van der Waals surface area contributed by atoms with Crippen LogP contribution in [-0.2, 0) is 6.42 Å². The number of halogens is 2. The molecule has 0 saturated carbocycles. The highest BCUT2D eigenvalue weighted by Crippen LogP contribution is 2.32. The number of rotatable bonds is 6. The molecule has 0 unspecified atom stereocenters. The molecule has 2 heterocycles. The smallest absolute Gasteiger partial charge is 0.230 e. The van der Waals surface area contributed by atoms with E-state index in [1.54, 1.807) is 18.5 Å². The molecule has 2 aromatic heterocycles. The molecule has 4 aromatic rings. The van der Waals surface area contributed by atoms with Gasteiger partial charge in [0.1, 0.15) is 11.6 Å². The molecule has 5 nitrogen and oxygen atoms in total. The van der Waals surface area contributed by atoms with Crippen molar-refractivity contribution in [2.75, 3.05) is 6.61 Å². The maximum absolute atomic E-state index is 13.5. The predicted octanol–water partition coefficient (Wildman–Crippen LogP) is 5.20. The summed E-state index contributed by atoms with van der Waals surface area (Å²) in [6.07, 6.45) is 4.73. The first kappa shape index (κ1) is 19.2. The summed E-state index contributed by atoms with van der Waals surface area (Å²) in [5, 5.41) is 9.79. The topological polar surface area (TPSA) is 68.1 Å². The molecule has 0 aliphatic heterocycles. The normalized spacial score (nSPS) is 11.0. The third kappa shape index (κ3) is 4.34. The molecule has 4 rings (SSSR count). The third-order valence-electron chi connectivity index (χ3n) is 4.37. The zero-order valence-electron chi connectivity index (χ0n) is 15.3. The summed E-state index contributed by atoms with van der Waals surface area (Å²) in [4.78, 5) is 13.3. The molecule has 1 N–H and O–H groups in total. The standard InChI is InChI=1S/C22H17ClFN3O2/c23-18-12-16(6-7-19(18)24)29-22-17-11-14(3-2-10-28)5-8-20(17)26-21(27-22)15-4-1-9-25-13-15/h1,4-9,11-13,28H,2-3,10H2. The van der Waals surface area contributed by atoms with Crippen molar-refractivity contribution in [3.05, 3.63) is 77.3 Å². The lowest BCUT2D eigenvalue weighted by Gasteiger charge is -2.12. The van der Waals surface area contributed by atoms with E-state index in [4.69, 9.17) is 21.4 Å². The number of aliphatic hydroxyl groups is 1. The first-order chi connectivity index (χ1) is 14.1. The van der Waals surface area contributed by atoms with Crippen LogP contribution in [0.1, 0.15) is 12.0 Å². The summed E-state index contributed by atoms with van der Waals surface area (Å²) < 4.78 is 19.5. The van der Waals surface area contributed by atoms with Gasteiger partial charge in [-0.05, 0) is 54.8 Å². The Hall–Kier alpha value is -3.09. The minimum absolute atomic E-state index is 0.0306. The highest BCUT2D eigenvalue weighted by atomic mass is 35.5. The molecule has 7 heteroatoms. The van der Waals surface area contributed by atoms with Gasteiger partial charge in [0.25, 0.3) is 0 Å². The van der Waals surface area contributed by atoms with Gasteiger partial charge < -0.3 is 9.84 Å². The number of aliphatic hydroxyl groups excluding tert-OH is 1. The summed E-state index contributed by atoms with van der Waals surface area (Å²) in [5.74, 6) is 0.655. The van der Waals surface area contributed by atoms with Gasteiger partial charge in [0.05, 0.1) is 15.9 Å². The van der Waals surface area contributed by atoms with E-state index in [-0.39, 0.29) is 11.6 Å². The summed E-state index contributed by atoms with van der Waals surface area (Å²) in [6.45, 7) is 0.117. The van der Waals surface area contributed by atoms with Gasteiger partial charge >= 0.3 is 0 Å². The molecule has 0 amide bonds. The number of fused-ring (bicyclic) bond motifs is 1. The van der Waals surface area contributed by atoms with E-state index >= 15 is 0 Å². The van der Waals surface area contributed by atoms with E-state index in [0.29, 0.717) is 34.8 Å². The number of aromatic nitrogens is 3. The number of pyridine rings is 1. The maximum atomic E-state index is 13.5. The summed E-state index contributed by atoms with van der Waals surface area (Å²) in [5.41, 5.74) is 2.49. The van der Waals surface area contributed by atoms with Gasteiger partial charge in [-0.2, -0.15) is 4.98 Å². The first-order valence-corrected chi connectivity index (χ1v) is 9.46. The van der Waals surface area contributed by atoms with E-state index in [1.165, 1.54) is 18.2 Å². The number of hydrogen-bond donors (Lipinski definition) is 1. The van der Waals surface area contributed by atoms with Crippen molar-refractivity contribution in [2.24, 2.45) is 0 Å². The average molecular weight is 410 g/mol. The second-order valence-corrected chi connectivity index (χ2v) is 6.86. The number of aryl methyl sites for hydroxylation is 1. The van der Waals surface area contributed by atoms with Crippen molar-refractivity contribution in [1.29, 1.82) is 0 Å². The van der Waals surface area contributed by atoms with Crippen LogP contribution < -0.4 is 4.74 Å². The van der Waals surface area contributed by atoms with E-state index < -0.39 is 5.82 Å². The largest absolute Gasteiger partial charge is 0.438 e. The fraction of sp³-hybridized carbons (Fsp3) is 0.136. The predicted molar refractivity (Wildman–Crippen MR) is 110 cm³/mol. The number of hydrogen-bond acceptors (Lipinski definition) is 5. The van der Waals surface area contributed by atoms with Crippen LogP contribution in [0.5, 0.6) is 11.6 Å². The van der Waals surface area contributed by atoms with Gasteiger partial charge in [0.2, 0.25) is 5.88 Å². The molecule has 29 heavy (non-hydrogen) atoms. The van der Waals surface area contributed by atoms with Crippen LogP contribution in [0.4, 0.5) is 4.39 Å². The van der Waals surface area contributed by atoms with Crippen molar-refractivity contribution >= 4 is 22.5 Å². The molecule has 2 aromatic carbocycles. The fourth-order valence-electron chi connectivity index (χ4n) is 2.94. The molecule has 0 saturated heterocycles. The highest BCUT2D eigenvalue weighted by molar-refractivity contribution is 6.30. The monoisotopic (exact) mass is 409 g/mol. The molecule has 0 spiro atoms. The molecule has 0 atom stereocenters. The lowest BCUT2D eigenvalue weighted by atomic mass is 10.1. The quantitative estimate of drug-likeness (QED) is 0.474. The minimum Gasteiger partial charge on any atom is -0.438 e. The first-order valence-electron chi connectivity index (χ1n) is 9.09. The molecule has 0 radical (unpaired) electrons. The van der Waals surface area contributed by atoms with Crippen LogP contribution in [0.2, 0.25) is 5.02 Å². The highest BCUT2D eigenvalue weighted by Gasteiger charge is 2.13. The van der Waals surface area contributed by atoms with E-state index in [1.807, 2.05) is 24.3 Å². The lowest BCUT2D eigenvalue weighted by Crippen LogP contribution is -1.98. The third-order valence-corrected chi connectivity index (χ3v) is 4.66. The van der Waals surface area contributed by atoms with Gasteiger partial charge in [-0.1, -0.05) is 17.7 Å². The van der Waals surface area contributed by atoms with Crippen molar-refractivity contribution in [3.8, 4) is 23.0 Å². The Bertz CT molecular complexity index is 1160. The summed E-state index contributed by atoms with van der Waals surface area (Å²) in [7, 11) is 0. The van der Waals surface area contributed by atoms with Crippen LogP contribution in [0.25, 0.3) is 22.3 Å². The van der Waals surface area contributed by atoms with Crippen molar-refractivity contribution in [2.45, 2.75) is 12.8 Å². The SMILES string of the molecule is OCCCc1ccc2nc(-c3cccnc3)nc(Oc3ccc(F)c(Cl)c3)c2c1. The zero-order chi connectivity index (χ0) is 20.2. The number of nitrogens with zero attached hydrogens (tertiary/aromatic N) is 3. The minimum atomic E-state index is -0.520. The van der Waals surface area contributed by atoms with Crippen LogP contribution in [-0.4, -0.2) is 26.7 Å². The molecule has 0 aliphatic carbocycles. The van der Waals surface area contributed by atoms with Gasteiger partial charge in [-0.3, -0.25) is 4.98 Å². The molecular formula is C22H17ClFN3O2. The Morgan fingerprint density at radius 3 is 2.72 bits per heavy atom. The van der Waals surface area contributed by atoms with E-state index in [9.17, 15) is 4.39 Å². The Morgan fingerprint density at radius 2 is 1.97 bits per heavy atom. The molecular weight excluding hydrogens is 393 g/mol. The molecule has 0 bridgehead atoms. The van der Waals surface area contributed by atoms with Gasteiger partial charge in [-0.15, -0.1) is 0 Å². The Labute approximate surface area is 171 Å². The van der Waals surface area contributed by atoms with Crippen molar-refractivity contribution < 1.29 is 14.2 Å². The lowest BCUT2D eigenvalue weighted by molar-refractivity contribution is 0.288. The van der Waals surface area contributed by atoms with Crippen molar-refractivity contribution in [3.63, 3.8) is 0 Å². The second kappa shape index (κ2) is 8.51. The van der Waals surface area contributed by atoms with Crippen molar-refractivity contribution in [1.82, 2.24) is 15.0 Å². The van der Waals surface area contributed by atoms with E-state index in [0.717, 1.165) is 17.5 Å². The van der Waals surface area contributed by atoms with Crippen LogP contribution in [0.15, 0.2) is 60.9 Å². The maximum Gasteiger partial charge on any atom is 0.230 e. The second-order valence-electron chi connectivity index (χ2n) is 6.45. The summed E-state index contributed by atoms with van der Waals surface area (Å²) in [6, 6.07) is 13.6. The van der Waals surface area contributed by atoms with Gasteiger partial charge in [-0.25, -0.2) is 9.37 Å². The van der Waals surface area contributed by atoms with Gasteiger partial charge in [0, 0.05) is 30.6 Å². The Balaban J connectivity index is 1.83. The van der Waals surface area contributed by atoms with Gasteiger partial charge in [0.15, 0.2) is 5.82 Å². The van der Waals surface area contributed by atoms with Crippen LogP contribution in [0.3, 0.4) is 0 Å². The Kier molecular flexibility index (Phi) is 5.64. The molecule has 146 valence electrons. The van der Waals surface area contributed by atoms with Crippen LogP contribution >= 0.6 is 11.6 Å². The number of benzene rings is 2. The fourth-order valence-corrected chi connectivity index (χ4v) is 3.11. The zero-order valence-corrected chi connectivity index (χ0v) is 16.1. The molecule has 0 aliphatic rings. The average Bonchev–Trinajstić information content (AvgIpc) is 2.75. The molecule has 0 fully saturated rings. The van der Waals surface area contributed by atoms with E-state index in [2.05, 4.69) is 15.0 Å². The van der Waals surface area contributed by atoms with Crippen LogP contribution in [0, 0.1) is 5.82 Å².